The SMILES string of the molecule is Cc1cn[nH]c1NC(=O)c1cc(Cl)ccc1F. The quantitative estimate of drug-likeness (QED) is 0.865. The van der Waals surface area contributed by atoms with Crippen LogP contribution in [0.5, 0.6) is 0 Å². The Balaban J connectivity index is 2.26. The molecule has 6 heteroatoms. The zero-order valence-corrected chi connectivity index (χ0v) is 9.68. The van der Waals surface area contributed by atoms with Gasteiger partial charge < -0.3 is 5.32 Å². The summed E-state index contributed by atoms with van der Waals surface area (Å²) in [7, 11) is 0. The zero-order chi connectivity index (χ0) is 12.4. The van der Waals surface area contributed by atoms with Crippen molar-refractivity contribution in [2.75, 3.05) is 5.32 Å². The van der Waals surface area contributed by atoms with Crippen LogP contribution in [0.25, 0.3) is 0 Å². The summed E-state index contributed by atoms with van der Waals surface area (Å²) in [4.78, 5) is 11.8. The number of hydrogen-bond donors (Lipinski definition) is 2. The molecule has 0 aliphatic carbocycles. The van der Waals surface area contributed by atoms with E-state index in [9.17, 15) is 9.18 Å². The highest BCUT2D eigenvalue weighted by Gasteiger charge is 2.13. The maximum absolute atomic E-state index is 13.4. The number of aromatic amines is 1. The summed E-state index contributed by atoms with van der Waals surface area (Å²) in [5, 5.41) is 9.17. The van der Waals surface area contributed by atoms with Crippen molar-refractivity contribution in [3.8, 4) is 0 Å². The molecule has 0 aliphatic heterocycles. The molecule has 17 heavy (non-hydrogen) atoms. The van der Waals surface area contributed by atoms with E-state index in [0.29, 0.717) is 10.8 Å². The molecule has 1 heterocycles. The summed E-state index contributed by atoms with van der Waals surface area (Å²) in [6.45, 7) is 1.77. The molecule has 0 atom stereocenters. The second kappa shape index (κ2) is 4.55. The van der Waals surface area contributed by atoms with Gasteiger partial charge in [0, 0.05) is 10.6 Å². The van der Waals surface area contributed by atoms with E-state index in [-0.39, 0.29) is 5.56 Å². The first-order valence-corrected chi connectivity index (χ1v) is 5.22. The van der Waals surface area contributed by atoms with Crippen molar-refractivity contribution in [2.24, 2.45) is 0 Å². The lowest BCUT2D eigenvalue weighted by atomic mass is 10.2. The number of aromatic nitrogens is 2. The number of carbonyl (C=O) groups excluding carboxylic acids is 1. The normalized spacial score (nSPS) is 10.3. The van der Waals surface area contributed by atoms with Gasteiger partial charge in [0.2, 0.25) is 0 Å². The second-order valence-corrected chi connectivity index (χ2v) is 3.94. The minimum Gasteiger partial charge on any atom is -0.307 e. The van der Waals surface area contributed by atoms with Gasteiger partial charge in [0.05, 0.1) is 11.8 Å². The number of carbonyl (C=O) groups is 1. The Morgan fingerprint density at radius 2 is 2.29 bits per heavy atom. The van der Waals surface area contributed by atoms with Crippen LogP contribution in [0.1, 0.15) is 15.9 Å². The molecule has 0 bridgehead atoms. The summed E-state index contributed by atoms with van der Waals surface area (Å²) >= 11 is 5.71. The van der Waals surface area contributed by atoms with Crippen LogP contribution in [0.3, 0.4) is 0 Å². The van der Waals surface area contributed by atoms with Crippen molar-refractivity contribution in [1.29, 1.82) is 0 Å². The molecule has 0 unspecified atom stereocenters. The van der Waals surface area contributed by atoms with E-state index in [1.54, 1.807) is 13.1 Å². The highest BCUT2D eigenvalue weighted by atomic mass is 35.5. The standard InChI is InChI=1S/C11H9ClFN3O/c1-6-5-14-16-10(6)15-11(17)8-4-7(12)2-3-9(8)13/h2-5H,1H3,(H2,14,15,16,17). The van der Waals surface area contributed by atoms with Crippen LogP contribution in [-0.4, -0.2) is 16.1 Å². The minimum atomic E-state index is -0.621. The molecule has 1 amide bonds. The second-order valence-electron chi connectivity index (χ2n) is 3.51. The largest absolute Gasteiger partial charge is 0.307 e. The number of hydrogen-bond acceptors (Lipinski definition) is 2. The third-order valence-corrected chi connectivity index (χ3v) is 2.48. The Labute approximate surface area is 102 Å². The lowest BCUT2D eigenvalue weighted by molar-refractivity contribution is 0.102. The predicted octanol–water partition coefficient (Wildman–Crippen LogP) is 2.76. The van der Waals surface area contributed by atoms with Crippen LogP contribution >= 0.6 is 11.6 Å². The topological polar surface area (TPSA) is 57.8 Å². The molecule has 0 saturated carbocycles. The Morgan fingerprint density at radius 3 is 2.94 bits per heavy atom. The summed E-state index contributed by atoms with van der Waals surface area (Å²) in [5.41, 5.74) is 0.660. The highest BCUT2D eigenvalue weighted by Crippen LogP contribution is 2.17. The monoisotopic (exact) mass is 253 g/mol. The molecule has 2 aromatic rings. The van der Waals surface area contributed by atoms with Crippen molar-refractivity contribution >= 4 is 23.3 Å². The highest BCUT2D eigenvalue weighted by molar-refractivity contribution is 6.31. The van der Waals surface area contributed by atoms with Crippen LogP contribution in [0.15, 0.2) is 24.4 Å². The smallest absolute Gasteiger partial charge is 0.259 e. The predicted molar refractivity (Wildman–Crippen MR) is 62.7 cm³/mol. The molecule has 0 saturated heterocycles. The van der Waals surface area contributed by atoms with Gasteiger partial charge in [-0.3, -0.25) is 9.89 Å². The number of H-pyrrole nitrogens is 1. The molecular weight excluding hydrogens is 245 g/mol. The van der Waals surface area contributed by atoms with Crippen molar-refractivity contribution < 1.29 is 9.18 Å². The molecule has 0 spiro atoms. The van der Waals surface area contributed by atoms with Gasteiger partial charge in [-0.1, -0.05) is 11.6 Å². The first kappa shape index (κ1) is 11.6. The van der Waals surface area contributed by atoms with Gasteiger partial charge in [-0.2, -0.15) is 5.10 Å². The van der Waals surface area contributed by atoms with E-state index >= 15 is 0 Å². The van der Waals surface area contributed by atoms with Gasteiger partial charge in [0.25, 0.3) is 5.91 Å². The fourth-order valence-electron chi connectivity index (χ4n) is 1.33. The van der Waals surface area contributed by atoms with Crippen LogP contribution in [0.2, 0.25) is 5.02 Å². The van der Waals surface area contributed by atoms with Crippen molar-refractivity contribution in [3.05, 3.63) is 46.4 Å². The molecular formula is C11H9ClFN3O. The number of rotatable bonds is 2. The molecule has 0 fully saturated rings. The molecule has 88 valence electrons. The van der Waals surface area contributed by atoms with E-state index < -0.39 is 11.7 Å². The molecule has 4 nitrogen and oxygen atoms in total. The third-order valence-electron chi connectivity index (χ3n) is 2.24. The summed E-state index contributed by atoms with van der Waals surface area (Å²) in [5.74, 6) is -0.754. The molecule has 0 aliphatic rings. The first-order chi connectivity index (χ1) is 8.08. The van der Waals surface area contributed by atoms with Crippen LogP contribution in [-0.2, 0) is 0 Å². The molecule has 2 rings (SSSR count). The summed E-state index contributed by atoms with van der Waals surface area (Å²) < 4.78 is 13.4. The maximum Gasteiger partial charge on any atom is 0.259 e. The molecule has 1 aromatic heterocycles. The maximum atomic E-state index is 13.4. The van der Waals surface area contributed by atoms with Crippen molar-refractivity contribution in [2.45, 2.75) is 6.92 Å². The van der Waals surface area contributed by atoms with E-state index in [1.807, 2.05) is 0 Å². The minimum absolute atomic E-state index is 0.105. The van der Waals surface area contributed by atoms with Crippen molar-refractivity contribution in [3.63, 3.8) is 0 Å². The summed E-state index contributed by atoms with van der Waals surface area (Å²) in [6, 6.07) is 3.81. The Morgan fingerprint density at radius 1 is 1.53 bits per heavy atom. The summed E-state index contributed by atoms with van der Waals surface area (Å²) in [6.07, 6.45) is 1.56. The Hall–Kier alpha value is -1.88. The molecule has 1 aromatic carbocycles. The molecule has 2 N–H and O–H groups in total. The Bertz CT molecular complexity index is 568. The van der Waals surface area contributed by atoms with Gasteiger partial charge in [-0.25, -0.2) is 4.39 Å². The first-order valence-electron chi connectivity index (χ1n) is 4.84. The fourth-order valence-corrected chi connectivity index (χ4v) is 1.50. The number of anilines is 1. The van der Waals surface area contributed by atoms with Gasteiger partial charge in [0.15, 0.2) is 0 Å². The van der Waals surface area contributed by atoms with Crippen LogP contribution < -0.4 is 5.32 Å². The average molecular weight is 254 g/mol. The number of aryl methyl sites for hydroxylation is 1. The number of nitrogens with zero attached hydrogens (tertiary/aromatic N) is 1. The number of nitrogens with one attached hydrogen (secondary N) is 2. The lowest BCUT2D eigenvalue weighted by Gasteiger charge is -2.05. The van der Waals surface area contributed by atoms with Gasteiger partial charge >= 0.3 is 0 Å². The average Bonchev–Trinajstić information content (AvgIpc) is 2.68. The van der Waals surface area contributed by atoms with E-state index in [1.165, 1.54) is 12.1 Å². The van der Waals surface area contributed by atoms with Gasteiger partial charge in [-0.15, -0.1) is 0 Å². The molecule has 0 radical (unpaired) electrons. The number of benzene rings is 1. The van der Waals surface area contributed by atoms with E-state index in [4.69, 9.17) is 11.6 Å². The van der Waals surface area contributed by atoms with Crippen molar-refractivity contribution in [1.82, 2.24) is 10.2 Å². The number of halogens is 2. The zero-order valence-electron chi connectivity index (χ0n) is 8.92. The third kappa shape index (κ3) is 2.45. The van der Waals surface area contributed by atoms with Gasteiger partial charge in [-0.05, 0) is 25.1 Å². The van der Waals surface area contributed by atoms with Crippen LogP contribution in [0.4, 0.5) is 10.2 Å². The van der Waals surface area contributed by atoms with Gasteiger partial charge in [0.1, 0.15) is 11.6 Å². The van der Waals surface area contributed by atoms with E-state index in [0.717, 1.165) is 11.6 Å². The van der Waals surface area contributed by atoms with Crippen LogP contribution in [0, 0.1) is 12.7 Å². The lowest BCUT2D eigenvalue weighted by Crippen LogP contribution is -2.14. The number of amides is 1. The van der Waals surface area contributed by atoms with E-state index in [2.05, 4.69) is 15.5 Å². The fraction of sp³-hybridized carbons (Fsp3) is 0.0909. The Kier molecular flexibility index (Phi) is 3.10.